The van der Waals surface area contributed by atoms with Crippen molar-refractivity contribution in [3.05, 3.63) is 65.2 Å². The highest BCUT2D eigenvalue weighted by Gasteiger charge is 2.38. The van der Waals surface area contributed by atoms with Gasteiger partial charge in [-0.15, -0.1) is 0 Å². The zero-order valence-corrected chi connectivity index (χ0v) is 16.2. The summed E-state index contributed by atoms with van der Waals surface area (Å²) in [5.74, 6) is 0.806. The minimum atomic E-state index is -0.595. The van der Waals surface area contributed by atoms with Crippen LogP contribution in [-0.2, 0) is 6.54 Å². The van der Waals surface area contributed by atoms with Crippen molar-refractivity contribution in [2.24, 2.45) is 11.7 Å². The van der Waals surface area contributed by atoms with Crippen LogP contribution >= 0.6 is 0 Å². The molecule has 0 aromatic heterocycles. The third-order valence-electron chi connectivity index (χ3n) is 6.13. The molecule has 1 saturated carbocycles. The Morgan fingerprint density at radius 1 is 1.14 bits per heavy atom. The van der Waals surface area contributed by atoms with Crippen molar-refractivity contribution in [1.29, 1.82) is 0 Å². The van der Waals surface area contributed by atoms with Gasteiger partial charge in [0.2, 0.25) is 0 Å². The molecule has 0 spiro atoms. The van der Waals surface area contributed by atoms with Crippen LogP contribution in [0.4, 0.5) is 0 Å². The summed E-state index contributed by atoms with van der Waals surface area (Å²) in [7, 11) is 0. The Kier molecular flexibility index (Phi) is 5.64. The molecule has 1 amide bonds. The predicted octanol–water partition coefficient (Wildman–Crippen LogP) is 2.85. The number of nitrogens with one attached hydrogen (secondary N) is 1. The zero-order valence-electron chi connectivity index (χ0n) is 16.2. The smallest absolute Gasteiger partial charge is 0.252 e. The molecule has 2 aliphatic rings. The number of hydrogen-bond donors (Lipinski definition) is 3. The topological polar surface area (TPSA) is 78.6 Å². The highest BCUT2D eigenvalue weighted by molar-refractivity contribution is 5.95. The number of nitrogens with two attached hydrogens (primary N) is 1. The van der Waals surface area contributed by atoms with Crippen LogP contribution in [0.15, 0.2) is 48.5 Å². The Morgan fingerprint density at radius 2 is 1.89 bits per heavy atom. The Bertz CT molecular complexity index is 816. The van der Waals surface area contributed by atoms with Gasteiger partial charge in [0.25, 0.3) is 5.91 Å². The van der Waals surface area contributed by atoms with Crippen LogP contribution in [0.5, 0.6) is 5.75 Å². The summed E-state index contributed by atoms with van der Waals surface area (Å²) in [6, 6.07) is 16.6. The highest BCUT2D eigenvalue weighted by Crippen LogP contribution is 2.40. The average molecular weight is 380 g/mol. The number of phenols is 1. The van der Waals surface area contributed by atoms with Crippen molar-refractivity contribution >= 4 is 5.91 Å². The second-order valence-electron chi connectivity index (χ2n) is 8.20. The second kappa shape index (κ2) is 8.33. The SMILES string of the molecule is NC(=O)c1ccc(CN2CCC(CNC3CC3c3ccccc3)CC2)cc1O. The van der Waals surface area contributed by atoms with E-state index in [1.165, 1.54) is 24.8 Å². The van der Waals surface area contributed by atoms with E-state index >= 15 is 0 Å². The van der Waals surface area contributed by atoms with Gasteiger partial charge in [0.15, 0.2) is 0 Å². The number of piperidine rings is 1. The van der Waals surface area contributed by atoms with Crippen molar-refractivity contribution in [2.75, 3.05) is 19.6 Å². The molecule has 4 rings (SSSR count). The maximum atomic E-state index is 11.2. The minimum absolute atomic E-state index is 0.0264. The molecule has 2 fully saturated rings. The maximum absolute atomic E-state index is 11.2. The number of likely N-dealkylation sites (tertiary alicyclic amines) is 1. The van der Waals surface area contributed by atoms with E-state index in [4.69, 9.17) is 5.73 Å². The van der Waals surface area contributed by atoms with Gasteiger partial charge in [0, 0.05) is 18.5 Å². The molecule has 2 unspecified atom stereocenters. The third kappa shape index (κ3) is 4.54. The Hall–Kier alpha value is -2.37. The predicted molar refractivity (Wildman–Crippen MR) is 110 cm³/mol. The molecule has 1 aliphatic heterocycles. The fraction of sp³-hybridized carbons (Fsp3) is 0.435. The summed E-state index contributed by atoms with van der Waals surface area (Å²) < 4.78 is 0. The molecule has 0 bridgehead atoms. The number of rotatable bonds is 7. The number of nitrogens with zero attached hydrogens (tertiary/aromatic N) is 1. The molecular weight excluding hydrogens is 350 g/mol. The van der Waals surface area contributed by atoms with Gasteiger partial charge in [-0.05, 0) is 68.1 Å². The van der Waals surface area contributed by atoms with Crippen LogP contribution in [0.2, 0.25) is 0 Å². The number of benzene rings is 2. The Balaban J connectivity index is 1.19. The van der Waals surface area contributed by atoms with E-state index in [0.717, 1.165) is 37.7 Å². The summed E-state index contributed by atoms with van der Waals surface area (Å²) >= 11 is 0. The number of hydrogen-bond acceptors (Lipinski definition) is 4. The first-order valence-electron chi connectivity index (χ1n) is 10.2. The quantitative estimate of drug-likeness (QED) is 0.691. The van der Waals surface area contributed by atoms with Crippen LogP contribution in [0.25, 0.3) is 0 Å². The number of carbonyl (C=O) groups excluding carboxylic acids is 1. The van der Waals surface area contributed by atoms with Crippen molar-refractivity contribution in [3.8, 4) is 5.75 Å². The summed E-state index contributed by atoms with van der Waals surface area (Å²) in [6.45, 7) is 4.04. The molecule has 28 heavy (non-hydrogen) atoms. The summed E-state index contributed by atoms with van der Waals surface area (Å²) in [6.07, 6.45) is 3.65. The molecule has 2 aromatic carbocycles. The monoisotopic (exact) mass is 379 g/mol. The molecule has 148 valence electrons. The minimum Gasteiger partial charge on any atom is -0.507 e. The van der Waals surface area contributed by atoms with Crippen LogP contribution < -0.4 is 11.1 Å². The van der Waals surface area contributed by atoms with Crippen molar-refractivity contribution in [1.82, 2.24) is 10.2 Å². The lowest BCUT2D eigenvalue weighted by Gasteiger charge is -2.32. The number of aromatic hydroxyl groups is 1. The van der Waals surface area contributed by atoms with Crippen LogP contribution in [-0.4, -0.2) is 41.6 Å². The summed E-state index contributed by atoms with van der Waals surface area (Å²) in [4.78, 5) is 13.6. The number of carbonyl (C=O) groups is 1. The lowest BCUT2D eigenvalue weighted by molar-refractivity contribution is 0.0997. The first kappa shape index (κ1) is 19.0. The van der Waals surface area contributed by atoms with E-state index in [1.54, 1.807) is 12.1 Å². The van der Waals surface area contributed by atoms with Gasteiger partial charge in [-0.2, -0.15) is 0 Å². The molecule has 4 N–H and O–H groups in total. The van der Waals surface area contributed by atoms with E-state index < -0.39 is 5.91 Å². The second-order valence-corrected chi connectivity index (χ2v) is 8.20. The van der Waals surface area contributed by atoms with Crippen LogP contribution in [0.1, 0.15) is 46.7 Å². The fourth-order valence-corrected chi connectivity index (χ4v) is 4.30. The standard InChI is InChI=1S/C23H29N3O2/c24-23(28)19-7-6-17(12-22(19)27)15-26-10-8-16(9-11-26)14-25-21-13-20(21)18-4-2-1-3-5-18/h1-7,12,16,20-21,25,27H,8-11,13-15H2,(H2,24,28). The van der Waals surface area contributed by atoms with Crippen molar-refractivity contribution < 1.29 is 9.90 Å². The molecule has 1 aliphatic carbocycles. The largest absolute Gasteiger partial charge is 0.507 e. The average Bonchev–Trinajstić information content (AvgIpc) is 3.48. The van der Waals surface area contributed by atoms with Gasteiger partial charge in [0.1, 0.15) is 5.75 Å². The van der Waals surface area contributed by atoms with E-state index in [1.807, 2.05) is 6.07 Å². The molecule has 1 heterocycles. The molecule has 2 atom stereocenters. The van der Waals surface area contributed by atoms with Gasteiger partial charge in [0.05, 0.1) is 5.56 Å². The van der Waals surface area contributed by atoms with Gasteiger partial charge in [-0.1, -0.05) is 36.4 Å². The van der Waals surface area contributed by atoms with E-state index in [2.05, 4.69) is 40.5 Å². The lowest BCUT2D eigenvalue weighted by atomic mass is 9.96. The van der Waals surface area contributed by atoms with E-state index in [-0.39, 0.29) is 11.3 Å². The Morgan fingerprint density at radius 3 is 2.57 bits per heavy atom. The lowest BCUT2D eigenvalue weighted by Crippen LogP contribution is -2.37. The van der Waals surface area contributed by atoms with Gasteiger partial charge < -0.3 is 16.2 Å². The van der Waals surface area contributed by atoms with Gasteiger partial charge in [-0.3, -0.25) is 9.69 Å². The number of primary amides is 1. The molecular formula is C23H29N3O2. The maximum Gasteiger partial charge on any atom is 0.252 e. The molecule has 5 nitrogen and oxygen atoms in total. The zero-order chi connectivity index (χ0) is 19.5. The van der Waals surface area contributed by atoms with Gasteiger partial charge >= 0.3 is 0 Å². The first-order valence-corrected chi connectivity index (χ1v) is 10.2. The normalized spacial score (nSPS) is 22.9. The van der Waals surface area contributed by atoms with E-state index in [9.17, 15) is 9.90 Å². The molecule has 0 radical (unpaired) electrons. The van der Waals surface area contributed by atoms with Crippen molar-refractivity contribution in [3.63, 3.8) is 0 Å². The molecule has 2 aromatic rings. The number of amides is 1. The first-order chi connectivity index (χ1) is 13.6. The Labute approximate surface area is 166 Å². The molecule has 1 saturated heterocycles. The summed E-state index contributed by atoms with van der Waals surface area (Å²) in [5, 5.41) is 13.7. The molecule has 5 heteroatoms. The third-order valence-corrected chi connectivity index (χ3v) is 6.13. The van der Waals surface area contributed by atoms with Crippen LogP contribution in [0, 0.1) is 5.92 Å². The van der Waals surface area contributed by atoms with Crippen molar-refractivity contribution in [2.45, 2.75) is 37.8 Å². The summed E-state index contributed by atoms with van der Waals surface area (Å²) in [5.41, 5.74) is 7.90. The highest BCUT2D eigenvalue weighted by atomic mass is 16.3. The fourth-order valence-electron chi connectivity index (χ4n) is 4.30. The van der Waals surface area contributed by atoms with Crippen LogP contribution in [0.3, 0.4) is 0 Å². The van der Waals surface area contributed by atoms with E-state index in [0.29, 0.717) is 12.0 Å². The van der Waals surface area contributed by atoms with Gasteiger partial charge in [-0.25, -0.2) is 0 Å².